The Morgan fingerprint density at radius 3 is 2.85 bits per heavy atom. The van der Waals surface area contributed by atoms with Crippen molar-refractivity contribution < 1.29 is 14.3 Å². The number of nitrogens with zero attached hydrogens (tertiary/aromatic N) is 5. The van der Waals surface area contributed by atoms with Gasteiger partial charge in [-0.3, -0.25) is 14.7 Å². The lowest BCUT2D eigenvalue weighted by Gasteiger charge is -2.33. The van der Waals surface area contributed by atoms with E-state index in [9.17, 15) is 9.59 Å². The third-order valence-corrected chi connectivity index (χ3v) is 5.16. The molecule has 0 radical (unpaired) electrons. The molecule has 2 fully saturated rings. The van der Waals surface area contributed by atoms with Crippen molar-refractivity contribution in [3.8, 4) is 0 Å². The Kier molecular flexibility index (Phi) is 5.04. The highest BCUT2D eigenvalue weighted by molar-refractivity contribution is 5.83. The number of carbonyl (C=O) groups excluding carboxylic acids is 2. The lowest BCUT2D eigenvalue weighted by molar-refractivity contribution is -0.133. The maximum Gasteiger partial charge on any atom is 0.410 e. The fourth-order valence-corrected chi connectivity index (χ4v) is 3.75. The first-order valence-electron chi connectivity index (χ1n) is 9.30. The second-order valence-electron chi connectivity index (χ2n) is 6.98. The number of pyridine rings is 1. The summed E-state index contributed by atoms with van der Waals surface area (Å²) < 4.78 is 7.05. The van der Waals surface area contributed by atoms with Crippen LogP contribution in [-0.2, 0) is 16.1 Å². The van der Waals surface area contributed by atoms with Gasteiger partial charge in [-0.15, -0.1) is 0 Å². The van der Waals surface area contributed by atoms with Crippen molar-refractivity contribution in [2.24, 2.45) is 0 Å². The summed E-state index contributed by atoms with van der Waals surface area (Å²) in [5.74, 6) is 1.18. The minimum Gasteiger partial charge on any atom is -0.448 e. The lowest BCUT2D eigenvalue weighted by Crippen LogP contribution is -2.45. The third-order valence-electron chi connectivity index (χ3n) is 5.16. The highest BCUT2D eigenvalue weighted by Gasteiger charge is 2.30. The standard InChI is InChI=1S/C19H23N5O3/c25-17(14-24-10-11-27-19(24)26)22-8-1-2-16(13-22)18-21-7-9-23(18)12-15-3-5-20-6-4-15/h3-7,9,16H,1-2,8,10-14H2/t16-/m0/s1. The second kappa shape index (κ2) is 7.77. The van der Waals surface area contributed by atoms with Crippen LogP contribution in [0.2, 0.25) is 0 Å². The maximum absolute atomic E-state index is 12.6. The van der Waals surface area contributed by atoms with Crippen LogP contribution in [0.25, 0.3) is 0 Å². The van der Waals surface area contributed by atoms with E-state index in [2.05, 4.69) is 14.5 Å². The van der Waals surface area contributed by atoms with Gasteiger partial charge < -0.3 is 14.2 Å². The van der Waals surface area contributed by atoms with Crippen LogP contribution in [0.15, 0.2) is 36.9 Å². The summed E-state index contributed by atoms with van der Waals surface area (Å²) in [5, 5.41) is 0. The molecule has 27 heavy (non-hydrogen) atoms. The number of ether oxygens (including phenoxy) is 1. The average molecular weight is 369 g/mol. The number of imidazole rings is 1. The van der Waals surface area contributed by atoms with Gasteiger partial charge in [0.2, 0.25) is 5.91 Å². The molecule has 2 saturated heterocycles. The number of aromatic nitrogens is 3. The van der Waals surface area contributed by atoms with Crippen LogP contribution in [0, 0.1) is 0 Å². The van der Waals surface area contributed by atoms with Crippen molar-refractivity contribution in [1.29, 1.82) is 0 Å². The Morgan fingerprint density at radius 2 is 2.07 bits per heavy atom. The van der Waals surface area contributed by atoms with E-state index in [4.69, 9.17) is 4.74 Å². The largest absolute Gasteiger partial charge is 0.448 e. The Hall–Kier alpha value is -2.90. The molecular weight excluding hydrogens is 346 g/mol. The first-order chi connectivity index (χ1) is 13.2. The molecule has 2 amide bonds. The van der Waals surface area contributed by atoms with Crippen LogP contribution in [0.4, 0.5) is 4.79 Å². The summed E-state index contributed by atoms with van der Waals surface area (Å²) in [4.78, 5) is 36.2. The highest BCUT2D eigenvalue weighted by atomic mass is 16.6. The first kappa shape index (κ1) is 17.5. The number of hydrogen-bond acceptors (Lipinski definition) is 5. The van der Waals surface area contributed by atoms with Gasteiger partial charge in [0, 0.05) is 50.3 Å². The molecule has 2 aromatic rings. The Balaban J connectivity index is 1.42. The van der Waals surface area contributed by atoms with E-state index in [0.29, 0.717) is 19.7 Å². The van der Waals surface area contributed by atoms with E-state index in [-0.39, 0.29) is 18.4 Å². The molecule has 0 aromatic carbocycles. The van der Waals surface area contributed by atoms with Crippen LogP contribution < -0.4 is 0 Å². The smallest absolute Gasteiger partial charge is 0.410 e. The quantitative estimate of drug-likeness (QED) is 0.798. The molecule has 2 aliphatic heterocycles. The molecule has 0 bridgehead atoms. The molecule has 4 rings (SSSR count). The molecule has 142 valence electrons. The van der Waals surface area contributed by atoms with Gasteiger partial charge >= 0.3 is 6.09 Å². The van der Waals surface area contributed by atoms with Crippen molar-refractivity contribution in [2.75, 3.05) is 32.8 Å². The predicted octanol–water partition coefficient (Wildman–Crippen LogP) is 1.48. The molecule has 4 heterocycles. The van der Waals surface area contributed by atoms with E-state index in [1.165, 1.54) is 10.5 Å². The van der Waals surface area contributed by atoms with Gasteiger partial charge in [-0.05, 0) is 30.5 Å². The fraction of sp³-hybridized carbons (Fsp3) is 0.474. The van der Waals surface area contributed by atoms with Gasteiger partial charge in [-0.2, -0.15) is 0 Å². The minimum atomic E-state index is -0.398. The number of cyclic esters (lactones) is 1. The summed E-state index contributed by atoms with van der Waals surface area (Å²) in [6.45, 7) is 3.04. The highest BCUT2D eigenvalue weighted by Crippen LogP contribution is 2.26. The van der Waals surface area contributed by atoms with Gasteiger partial charge in [0.1, 0.15) is 19.0 Å². The number of likely N-dealkylation sites (tertiary alicyclic amines) is 1. The van der Waals surface area contributed by atoms with Crippen molar-refractivity contribution >= 4 is 12.0 Å². The molecule has 0 N–H and O–H groups in total. The van der Waals surface area contributed by atoms with Crippen LogP contribution in [0.5, 0.6) is 0 Å². The fourth-order valence-electron chi connectivity index (χ4n) is 3.75. The molecule has 0 saturated carbocycles. The number of piperidine rings is 1. The van der Waals surface area contributed by atoms with Crippen LogP contribution in [-0.4, -0.2) is 69.1 Å². The average Bonchev–Trinajstić information content (AvgIpc) is 3.32. The molecule has 8 heteroatoms. The molecule has 0 aliphatic carbocycles. The molecular formula is C19H23N5O3. The van der Waals surface area contributed by atoms with E-state index in [0.717, 1.165) is 31.8 Å². The Morgan fingerprint density at radius 1 is 1.22 bits per heavy atom. The second-order valence-corrected chi connectivity index (χ2v) is 6.98. The van der Waals surface area contributed by atoms with Crippen LogP contribution in [0.1, 0.15) is 30.1 Å². The van der Waals surface area contributed by atoms with Gasteiger partial charge in [0.15, 0.2) is 0 Å². The minimum absolute atomic E-state index is 0.0224. The van der Waals surface area contributed by atoms with Crippen molar-refractivity contribution in [2.45, 2.75) is 25.3 Å². The van der Waals surface area contributed by atoms with Gasteiger partial charge in [-0.1, -0.05) is 0 Å². The summed E-state index contributed by atoms with van der Waals surface area (Å²) in [6, 6.07) is 3.99. The van der Waals surface area contributed by atoms with Crippen molar-refractivity contribution in [3.63, 3.8) is 0 Å². The molecule has 1 atom stereocenters. The number of carbonyl (C=O) groups is 2. The first-order valence-corrected chi connectivity index (χ1v) is 9.30. The Bertz CT molecular complexity index is 807. The number of amides is 2. The topological polar surface area (TPSA) is 80.6 Å². The van der Waals surface area contributed by atoms with Crippen LogP contribution in [0.3, 0.4) is 0 Å². The lowest BCUT2D eigenvalue weighted by atomic mass is 9.97. The van der Waals surface area contributed by atoms with E-state index >= 15 is 0 Å². The van der Waals surface area contributed by atoms with E-state index < -0.39 is 6.09 Å². The SMILES string of the molecule is O=C(CN1CCOC1=O)N1CCC[C@H](c2nccn2Cc2ccncc2)C1. The van der Waals surface area contributed by atoms with E-state index in [1.54, 1.807) is 12.4 Å². The number of hydrogen-bond donors (Lipinski definition) is 0. The van der Waals surface area contributed by atoms with E-state index in [1.807, 2.05) is 29.4 Å². The van der Waals surface area contributed by atoms with Gasteiger partial charge in [-0.25, -0.2) is 9.78 Å². The normalized spacial score (nSPS) is 20.0. The van der Waals surface area contributed by atoms with Gasteiger partial charge in [0.25, 0.3) is 0 Å². The molecule has 0 unspecified atom stereocenters. The molecule has 2 aromatic heterocycles. The zero-order valence-electron chi connectivity index (χ0n) is 15.2. The molecule has 8 nitrogen and oxygen atoms in total. The number of rotatable bonds is 5. The maximum atomic E-state index is 12.6. The molecule has 2 aliphatic rings. The third kappa shape index (κ3) is 3.94. The molecule has 0 spiro atoms. The van der Waals surface area contributed by atoms with Crippen molar-refractivity contribution in [1.82, 2.24) is 24.3 Å². The predicted molar refractivity (Wildman–Crippen MR) is 97.0 cm³/mol. The van der Waals surface area contributed by atoms with Crippen LogP contribution >= 0.6 is 0 Å². The zero-order valence-corrected chi connectivity index (χ0v) is 15.2. The summed E-state index contributed by atoms with van der Waals surface area (Å²) >= 11 is 0. The van der Waals surface area contributed by atoms with Crippen molar-refractivity contribution in [3.05, 3.63) is 48.3 Å². The summed E-state index contributed by atoms with van der Waals surface area (Å²) in [5.41, 5.74) is 1.17. The van der Waals surface area contributed by atoms with Gasteiger partial charge in [0.05, 0.1) is 6.54 Å². The zero-order chi connectivity index (χ0) is 18.6. The Labute approximate surface area is 157 Å². The summed E-state index contributed by atoms with van der Waals surface area (Å²) in [7, 11) is 0. The monoisotopic (exact) mass is 369 g/mol. The summed E-state index contributed by atoms with van der Waals surface area (Å²) in [6.07, 6.45) is 8.91.